The van der Waals surface area contributed by atoms with Gasteiger partial charge in [0, 0.05) is 24.6 Å². The normalized spacial score (nSPS) is 27.2. The molecule has 2 aromatic rings. The number of fused-ring (bicyclic) bond motifs is 2. The first-order chi connectivity index (χ1) is 13.1. The van der Waals surface area contributed by atoms with Crippen molar-refractivity contribution in [1.82, 2.24) is 5.32 Å². The Balaban J connectivity index is 1.36. The Hall–Kier alpha value is -2.27. The highest BCUT2D eigenvalue weighted by Crippen LogP contribution is 2.23. The van der Waals surface area contributed by atoms with Crippen LogP contribution in [0.4, 0.5) is 10.5 Å². The zero-order valence-corrected chi connectivity index (χ0v) is 16.3. The van der Waals surface area contributed by atoms with Gasteiger partial charge in [-0.25, -0.2) is 4.79 Å². The van der Waals surface area contributed by atoms with E-state index in [-0.39, 0.29) is 12.1 Å². The van der Waals surface area contributed by atoms with Gasteiger partial charge in [0.2, 0.25) is 0 Å². The highest BCUT2D eigenvalue weighted by atomic mass is 16.3. The molecule has 0 radical (unpaired) electrons. The second kappa shape index (κ2) is 7.77. The van der Waals surface area contributed by atoms with Gasteiger partial charge >= 0.3 is 6.03 Å². The molecule has 5 nitrogen and oxygen atoms in total. The largest absolute Gasteiger partial charge is 0.463 e. The first-order valence-electron chi connectivity index (χ1n) is 10.1. The second-order valence-electron chi connectivity index (χ2n) is 8.30. The molecule has 0 spiro atoms. The van der Waals surface area contributed by atoms with Crippen LogP contribution in [0.25, 0.3) is 0 Å². The van der Waals surface area contributed by atoms with Crippen molar-refractivity contribution in [2.75, 3.05) is 5.32 Å². The van der Waals surface area contributed by atoms with Crippen molar-refractivity contribution in [3.8, 4) is 0 Å². The molecular formula is C22H30N3O2+. The van der Waals surface area contributed by atoms with Crippen LogP contribution in [-0.2, 0) is 6.54 Å². The van der Waals surface area contributed by atoms with Crippen molar-refractivity contribution >= 4 is 11.7 Å². The molecule has 2 amide bonds. The minimum atomic E-state index is -0.0856. The summed E-state index contributed by atoms with van der Waals surface area (Å²) in [6.07, 6.45) is 7.64. The van der Waals surface area contributed by atoms with Gasteiger partial charge in [0.1, 0.15) is 6.54 Å². The van der Waals surface area contributed by atoms with Crippen LogP contribution in [0.1, 0.15) is 49.0 Å². The van der Waals surface area contributed by atoms with Crippen molar-refractivity contribution in [2.45, 2.75) is 70.6 Å². The van der Waals surface area contributed by atoms with E-state index < -0.39 is 0 Å². The molecule has 2 unspecified atom stereocenters. The minimum Gasteiger partial charge on any atom is -0.463 e. The number of anilines is 1. The number of quaternary nitrogens is 1. The van der Waals surface area contributed by atoms with Gasteiger partial charge in [0.05, 0.1) is 18.3 Å². The third kappa shape index (κ3) is 4.35. The number of benzene rings is 1. The predicted octanol–water partition coefficient (Wildman–Crippen LogP) is 3.19. The fourth-order valence-corrected chi connectivity index (χ4v) is 5.06. The van der Waals surface area contributed by atoms with Gasteiger partial charge in [-0.3, -0.25) is 0 Å². The van der Waals surface area contributed by atoms with Gasteiger partial charge in [0.15, 0.2) is 5.76 Å². The summed E-state index contributed by atoms with van der Waals surface area (Å²) in [5.41, 5.74) is 3.19. The highest BCUT2D eigenvalue weighted by Gasteiger charge is 2.42. The molecule has 2 bridgehead atoms. The Morgan fingerprint density at radius 3 is 2.48 bits per heavy atom. The summed E-state index contributed by atoms with van der Waals surface area (Å²) in [7, 11) is 0. The SMILES string of the molecule is Cc1cc(C)cc(NC(=O)NC2C[C@H]3CCC[C@@H](C2)[NH+]3Cc2ccco2)c1. The molecule has 3 N–H and O–H groups in total. The van der Waals surface area contributed by atoms with Crippen molar-refractivity contribution in [3.05, 3.63) is 53.5 Å². The van der Waals surface area contributed by atoms with Gasteiger partial charge in [-0.2, -0.15) is 0 Å². The van der Waals surface area contributed by atoms with Crippen molar-refractivity contribution in [1.29, 1.82) is 0 Å². The topological polar surface area (TPSA) is 58.7 Å². The van der Waals surface area contributed by atoms with E-state index >= 15 is 0 Å². The Morgan fingerprint density at radius 2 is 1.85 bits per heavy atom. The van der Waals surface area contributed by atoms with E-state index in [0.29, 0.717) is 12.1 Å². The molecule has 4 rings (SSSR count). The second-order valence-corrected chi connectivity index (χ2v) is 8.30. The number of urea groups is 1. The molecule has 144 valence electrons. The van der Waals surface area contributed by atoms with Gasteiger partial charge < -0.3 is 20.0 Å². The third-order valence-corrected chi connectivity index (χ3v) is 6.07. The number of piperidine rings is 2. The van der Waals surface area contributed by atoms with E-state index in [0.717, 1.165) is 42.0 Å². The lowest BCUT2D eigenvalue weighted by molar-refractivity contribution is -0.974. The maximum absolute atomic E-state index is 12.5. The lowest BCUT2D eigenvalue weighted by atomic mass is 9.81. The number of nitrogens with one attached hydrogen (secondary N) is 3. The first-order valence-corrected chi connectivity index (χ1v) is 10.1. The summed E-state index contributed by atoms with van der Waals surface area (Å²) in [5.74, 6) is 1.07. The number of aryl methyl sites for hydroxylation is 2. The fraction of sp³-hybridized carbons (Fsp3) is 0.500. The summed E-state index contributed by atoms with van der Waals surface area (Å²) in [6, 6.07) is 11.6. The van der Waals surface area contributed by atoms with Gasteiger partial charge in [0.25, 0.3) is 0 Å². The van der Waals surface area contributed by atoms with Crippen LogP contribution >= 0.6 is 0 Å². The number of carbonyl (C=O) groups is 1. The van der Waals surface area contributed by atoms with Gasteiger partial charge in [-0.05, 0) is 68.5 Å². The van der Waals surface area contributed by atoms with Crippen molar-refractivity contribution in [2.24, 2.45) is 0 Å². The molecule has 0 saturated carbocycles. The Labute approximate surface area is 161 Å². The lowest BCUT2D eigenvalue weighted by Crippen LogP contribution is -3.20. The molecule has 1 aromatic heterocycles. The van der Waals surface area contributed by atoms with E-state index in [2.05, 4.69) is 36.6 Å². The molecule has 0 aliphatic carbocycles. The molecule has 27 heavy (non-hydrogen) atoms. The summed E-state index contributed by atoms with van der Waals surface area (Å²) in [5, 5.41) is 6.24. The third-order valence-electron chi connectivity index (χ3n) is 6.07. The van der Waals surface area contributed by atoms with Crippen LogP contribution in [0, 0.1) is 13.8 Å². The zero-order valence-electron chi connectivity index (χ0n) is 16.3. The molecule has 1 aromatic carbocycles. The molecule has 2 saturated heterocycles. The summed E-state index contributed by atoms with van der Waals surface area (Å²) < 4.78 is 5.58. The maximum Gasteiger partial charge on any atom is 0.319 e. The number of carbonyl (C=O) groups excluding carboxylic acids is 1. The number of hydrogen-bond acceptors (Lipinski definition) is 2. The smallest absolute Gasteiger partial charge is 0.319 e. The van der Waals surface area contributed by atoms with Crippen LogP contribution < -0.4 is 15.5 Å². The van der Waals surface area contributed by atoms with Crippen molar-refractivity contribution < 1.29 is 14.1 Å². The van der Waals surface area contributed by atoms with E-state index in [9.17, 15) is 4.79 Å². The predicted molar refractivity (Wildman–Crippen MR) is 106 cm³/mol. The molecule has 5 heteroatoms. The summed E-state index contributed by atoms with van der Waals surface area (Å²) >= 11 is 0. The number of furan rings is 1. The molecule has 3 heterocycles. The van der Waals surface area contributed by atoms with E-state index in [1.807, 2.05) is 18.2 Å². The van der Waals surface area contributed by atoms with Gasteiger partial charge in [-0.15, -0.1) is 0 Å². The molecular weight excluding hydrogens is 338 g/mol. The molecule has 2 aliphatic rings. The Morgan fingerprint density at radius 1 is 1.15 bits per heavy atom. The standard InChI is InChI=1S/C22H29N3O2/c1-15-9-16(2)11-17(10-15)23-22(26)24-18-12-19-5-3-6-20(13-18)25(19)14-21-7-4-8-27-21/h4,7-11,18-20H,3,5-6,12-14H2,1-2H3,(H2,23,24,26)/p+1/t18?,19-,20+. The fourth-order valence-electron chi connectivity index (χ4n) is 5.06. The van der Waals surface area contributed by atoms with Crippen LogP contribution in [0.3, 0.4) is 0 Å². The molecule has 4 atom stereocenters. The lowest BCUT2D eigenvalue weighted by Gasteiger charge is -2.45. The van der Waals surface area contributed by atoms with Gasteiger partial charge in [-0.1, -0.05) is 6.07 Å². The van der Waals surface area contributed by atoms with Crippen LogP contribution in [0.2, 0.25) is 0 Å². The van der Waals surface area contributed by atoms with Crippen LogP contribution in [0.5, 0.6) is 0 Å². The average molecular weight is 369 g/mol. The van der Waals surface area contributed by atoms with E-state index in [1.54, 1.807) is 11.2 Å². The van der Waals surface area contributed by atoms with Crippen LogP contribution in [0.15, 0.2) is 41.0 Å². The summed E-state index contributed by atoms with van der Waals surface area (Å²) in [4.78, 5) is 14.2. The number of amides is 2. The minimum absolute atomic E-state index is 0.0856. The Bertz CT molecular complexity index is 753. The summed E-state index contributed by atoms with van der Waals surface area (Å²) in [6.45, 7) is 5.06. The highest BCUT2D eigenvalue weighted by molar-refractivity contribution is 5.89. The zero-order chi connectivity index (χ0) is 18.8. The van der Waals surface area contributed by atoms with Crippen molar-refractivity contribution in [3.63, 3.8) is 0 Å². The van der Waals surface area contributed by atoms with E-state index in [4.69, 9.17) is 4.42 Å². The monoisotopic (exact) mass is 368 g/mol. The van der Waals surface area contributed by atoms with Crippen LogP contribution in [-0.4, -0.2) is 24.2 Å². The maximum atomic E-state index is 12.5. The molecule has 2 aliphatic heterocycles. The first kappa shape index (κ1) is 18.1. The Kier molecular flexibility index (Phi) is 5.21. The number of hydrogen-bond donors (Lipinski definition) is 3. The quantitative estimate of drug-likeness (QED) is 0.776. The average Bonchev–Trinajstić information content (AvgIpc) is 3.07. The van der Waals surface area contributed by atoms with E-state index in [1.165, 1.54) is 19.3 Å². The molecule has 2 fully saturated rings. The number of rotatable bonds is 4.